The summed E-state index contributed by atoms with van der Waals surface area (Å²) in [6.07, 6.45) is 6.55. The van der Waals surface area contributed by atoms with Gasteiger partial charge in [0.2, 0.25) is 0 Å². The van der Waals surface area contributed by atoms with Crippen LogP contribution in [0.5, 0.6) is 5.75 Å². The minimum atomic E-state index is -0.656. The number of rotatable bonds is 5. The lowest BCUT2D eigenvalue weighted by atomic mass is 10.1. The molecule has 1 aromatic rings. The van der Waals surface area contributed by atoms with E-state index in [0.717, 1.165) is 0 Å². The Labute approximate surface area is 112 Å². The van der Waals surface area contributed by atoms with Crippen LogP contribution in [-0.2, 0) is 9.53 Å². The van der Waals surface area contributed by atoms with Crippen LogP contribution in [0.4, 0.5) is 0 Å². The number of hydrogen-bond donors (Lipinski definition) is 0. The number of para-hydroxylation sites is 1. The van der Waals surface area contributed by atoms with Crippen molar-refractivity contribution in [2.24, 2.45) is 0 Å². The summed E-state index contributed by atoms with van der Waals surface area (Å²) in [5, 5.41) is 8.96. The topological polar surface area (TPSA) is 59.3 Å². The van der Waals surface area contributed by atoms with Crippen molar-refractivity contribution in [3.05, 3.63) is 35.4 Å². The van der Waals surface area contributed by atoms with Gasteiger partial charge in [0.25, 0.3) is 0 Å². The van der Waals surface area contributed by atoms with E-state index in [0.29, 0.717) is 11.3 Å². The minimum absolute atomic E-state index is 0.0846. The zero-order chi connectivity index (χ0) is 14.1. The number of carbonyl (C=O) groups excluding carboxylic acids is 1. The lowest BCUT2D eigenvalue weighted by molar-refractivity contribution is -0.137. The Hall–Kier alpha value is -2.72. The summed E-state index contributed by atoms with van der Waals surface area (Å²) in [5.74, 6) is 2.21. The van der Waals surface area contributed by atoms with Gasteiger partial charge in [-0.05, 0) is 19.1 Å². The molecule has 4 heteroatoms. The summed E-state index contributed by atoms with van der Waals surface area (Å²) in [5.41, 5.74) is 0.515. The second kappa shape index (κ2) is 7.58. The fourth-order valence-electron chi connectivity index (χ4n) is 1.35. The third-order valence-electron chi connectivity index (χ3n) is 2.15. The Kier molecular flexibility index (Phi) is 5.72. The van der Waals surface area contributed by atoms with Crippen LogP contribution in [0, 0.1) is 23.7 Å². The van der Waals surface area contributed by atoms with Crippen LogP contribution in [0.3, 0.4) is 0 Å². The van der Waals surface area contributed by atoms with E-state index in [1.165, 1.54) is 6.08 Å². The van der Waals surface area contributed by atoms with Gasteiger partial charge in [-0.15, -0.1) is 6.42 Å². The monoisotopic (exact) mass is 255 g/mol. The smallest absolute Gasteiger partial charge is 0.348 e. The van der Waals surface area contributed by atoms with Crippen molar-refractivity contribution >= 4 is 12.0 Å². The third-order valence-corrected chi connectivity index (χ3v) is 2.15. The predicted molar refractivity (Wildman–Crippen MR) is 71.0 cm³/mol. The molecule has 1 rings (SSSR count). The normalized spacial score (nSPS) is 10.2. The van der Waals surface area contributed by atoms with Crippen LogP contribution in [0.25, 0.3) is 6.08 Å². The van der Waals surface area contributed by atoms with E-state index in [9.17, 15) is 4.79 Å². The van der Waals surface area contributed by atoms with E-state index in [-0.39, 0.29) is 18.8 Å². The van der Waals surface area contributed by atoms with E-state index in [1.807, 2.05) is 6.07 Å². The number of ether oxygens (including phenoxy) is 2. The quantitative estimate of drug-likeness (QED) is 0.350. The Morgan fingerprint density at radius 2 is 2.21 bits per heavy atom. The Morgan fingerprint density at radius 3 is 2.84 bits per heavy atom. The summed E-state index contributed by atoms with van der Waals surface area (Å²) in [6, 6.07) is 8.80. The molecular formula is C15H13NO3. The Balaban J connectivity index is 3.05. The minimum Gasteiger partial charge on any atom is -0.480 e. The SMILES string of the molecule is C#CCOc1ccccc1C=C(C#N)C(=O)OCC. The first kappa shape index (κ1) is 14.3. The molecule has 0 saturated heterocycles. The molecule has 4 nitrogen and oxygen atoms in total. The molecular weight excluding hydrogens is 242 g/mol. The van der Waals surface area contributed by atoms with Gasteiger partial charge in [0.15, 0.2) is 0 Å². The first-order chi connectivity index (χ1) is 9.22. The van der Waals surface area contributed by atoms with Crippen molar-refractivity contribution in [1.29, 1.82) is 5.26 Å². The number of hydrogen-bond acceptors (Lipinski definition) is 4. The second-order valence-corrected chi connectivity index (χ2v) is 3.42. The molecule has 0 amide bonds. The summed E-state index contributed by atoms with van der Waals surface area (Å²) >= 11 is 0. The maximum Gasteiger partial charge on any atom is 0.348 e. The molecule has 0 fully saturated rings. The van der Waals surface area contributed by atoms with Crippen molar-refractivity contribution < 1.29 is 14.3 Å². The molecule has 0 unspecified atom stereocenters. The number of nitriles is 1. The summed E-state index contributed by atoms with van der Waals surface area (Å²) in [4.78, 5) is 11.5. The summed E-state index contributed by atoms with van der Waals surface area (Å²) in [7, 11) is 0. The first-order valence-corrected chi connectivity index (χ1v) is 5.67. The molecule has 0 bridgehead atoms. The molecule has 0 atom stereocenters. The van der Waals surface area contributed by atoms with Crippen LogP contribution in [-0.4, -0.2) is 19.2 Å². The second-order valence-electron chi connectivity index (χ2n) is 3.42. The molecule has 0 heterocycles. The van der Waals surface area contributed by atoms with Gasteiger partial charge >= 0.3 is 5.97 Å². The maximum absolute atomic E-state index is 11.5. The molecule has 0 spiro atoms. The van der Waals surface area contributed by atoms with Crippen molar-refractivity contribution in [3.63, 3.8) is 0 Å². The average Bonchev–Trinajstić information content (AvgIpc) is 2.43. The van der Waals surface area contributed by atoms with Crippen LogP contribution < -0.4 is 4.74 Å². The third kappa shape index (κ3) is 4.22. The standard InChI is InChI=1S/C15H13NO3/c1-3-9-19-14-8-6-5-7-12(14)10-13(11-16)15(17)18-4-2/h1,5-8,10H,4,9H2,2H3. The molecule has 96 valence electrons. The predicted octanol–water partition coefficient (Wildman–Crippen LogP) is 2.17. The van der Waals surface area contributed by atoms with Gasteiger partial charge in [0, 0.05) is 5.56 Å². The maximum atomic E-state index is 11.5. The highest BCUT2D eigenvalue weighted by Crippen LogP contribution is 2.21. The highest BCUT2D eigenvalue weighted by atomic mass is 16.5. The molecule has 0 aliphatic heterocycles. The zero-order valence-electron chi connectivity index (χ0n) is 10.6. The molecule has 0 N–H and O–H groups in total. The number of terminal acetylenes is 1. The fraction of sp³-hybridized carbons (Fsp3) is 0.200. The van der Waals surface area contributed by atoms with E-state index in [2.05, 4.69) is 5.92 Å². The van der Waals surface area contributed by atoms with Gasteiger partial charge in [0.05, 0.1) is 6.61 Å². The Morgan fingerprint density at radius 1 is 1.47 bits per heavy atom. The molecule has 0 saturated carbocycles. The van der Waals surface area contributed by atoms with E-state index < -0.39 is 5.97 Å². The van der Waals surface area contributed by atoms with Crippen molar-refractivity contribution in [2.75, 3.05) is 13.2 Å². The molecule has 1 aromatic carbocycles. The highest BCUT2D eigenvalue weighted by molar-refractivity contribution is 5.98. The fourth-order valence-corrected chi connectivity index (χ4v) is 1.35. The number of benzene rings is 1. The first-order valence-electron chi connectivity index (χ1n) is 5.67. The van der Waals surface area contributed by atoms with E-state index in [4.69, 9.17) is 21.2 Å². The van der Waals surface area contributed by atoms with Crippen LogP contribution in [0.2, 0.25) is 0 Å². The van der Waals surface area contributed by atoms with Gasteiger partial charge in [0.1, 0.15) is 24.0 Å². The van der Waals surface area contributed by atoms with Gasteiger partial charge in [-0.25, -0.2) is 4.79 Å². The molecule has 0 aromatic heterocycles. The van der Waals surface area contributed by atoms with Gasteiger partial charge in [-0.3, -0.25) is 0 Å². The lowest BCUT2D eigenvalue weighted by Gasteiger charge is -2.06. The summed E-state index contributed by atoms with van der Waals surface area (Å²) in [6.45, 7) is 2.01. The lowest BCUT2D eigenvalue weighted by Crippen LogP contribution is -2.06. The largest absolute Gasteiger partial charge is 0.480 e. The van der Waals surface area contributed by atoms with Crippen LogP contribution in [0.15, 0.2) is 29.8 Å². The number of esters is 1. The van der Waals surface area contributed by atoms with Crippen LogP contribution in [0.1, 0.15) is 12.5 Å². The van der Waals surface area contributed by atoms with Crippen molar-refractivity contribution in [2.45, 2.75) is 6.92 Å². The van der Waals surface area contributed by atoms with Gasteiger partial charge in [-0.2, -0.15) is 5.26 Å². The van der Waals surface area contributed by atoms with Gasteiger partial charge < -0.3 is 9.47 Å². The highest BCUT2D eigenvalue weighted by Gasteiger charge is 2.11. The summed E-state index contributed by atoms with van der Waals surface area (Å²) < 4.78 is 10.1. The van der Waals surface area contributed by atoms with Crippen LogP contribution >= 0.6 is 0 Å². The van der Waals surface area contributed by atoms with E-state index >= 15 is 0 Å². The molecule has 0 radical (unpaired) electrons. The average molecular weight is 255 g/mol. The van der Waals surface area contributed by atoms with Crippen molar-refractivity contribution in [1.82, 2.24) is 0 Å². The van der Waals surface area contributed by atoms with Crippen molar-refractivity contribution in [3.8, 4) is 24.2 Å². The van der Waals surface area contributed by atoms with Gasteiger partial charge in [-0.1, -0.05) is 24.1 Å². The number of nitrogens with zero attached hydrogens (tertiary/aromatic N) is 1. The molecule has 0 aliphatic carbocycles. The molecule has 19 heavy (non-hydrogen) atoms. The molecule has 0 aliphatic rings. The number of carbonyl (C=O) groups is 1. The van der Waals surface area contributed by atoms with E-state index in [1.54, 1.807) is 31.2 Å². The Bertz CT molecular complexity index is 561. The zero-order valence-corrected chi connectivity index (χ0v) is 10.6.